The molecule has 1 amide bonds. The second-order valence-corrected chi connectivity index (χ2v) is 5.51. The van der Waals surface area contributed by atoms with Gasteiger partial charge in [-0.1, -0.05) is 0 Å². The van der Waals surface area contributed by atoms with Gasteiger partial charge in [-0.3, -0.25) is 9.79 Å². The van der Waals surface area contributed by atoms with Gasteiger partial charge in [0, 0.05) is 32.7 Å². The molecule has 2 rings (SSSR count). The number of carbonyl (C=O) groups is 1. The first-order valence-electron chi connectivity index (χ1n) is 7.93. The van der Waals surface area contributed by atoms with Crippen molar-refractivity contribution in [3.05, 3.63) is 24.2 Å². The molecule has 1 aromatic rings. The molecular formula is C15H22F3IN4O3. The second kappa shape index (κ2) is 10.00. The van der Waals surface area contributed by atoms with Crippen LogP contribution in [-0.4, -0.2) is 78.3 Å². The highest BCUT2D eigenvalue weighted by molar-refractivity contribution is 14.0. The van der Waals surface area contributed by atoms with Gasteiger partial charge in [-0.15, -0.1) is 24.0 Å². The minimum atomic E-state index is -4.70. The molecule has 1 aliphatic rings. The van der Waals surface area contributed by atoms with Crippen LogP contribution in [0.25, 0.3) is 0 Å². The highest BCUT2D eigenvalue weighted by Gasteiger charge is 2.38. The Balaban J connectivity index is 0.00000338. The smallest absolute Gasteiger partial charge is 0.416 e. The number of rotatable bonds is 4. The number of aliphatic hydroxyl groups is 1. The molecule has 0 radical (unpaired) electrons. The first kappa shape index (κ1) is 22.5. The van der Waals surface area contributed by atoms with Crippen molar-refractivity contribution in [1.29, 1.82) is 0 Å². The van der Waals surface area contributed by atoms with E-state index >= 15 is 0 Å². The summed E-state index contributed by atoms with van der Waals surface area (Å²) in [4.78, 5) is 19.4. The van der Waals surface area contributed by atoms with Crippen LogP contribution >= 0.6 is 24.0 Å². The highest BCUT2D eigenvalue weighted by atomic mass is 127. The standard InChI is InChI=1S/C15H21F3N4O3.HI/c1-2-19-14(20-10-12(23)15(16,17)18)22-7-5-21(6-8-22)13(24)11-4-3-9-25-11;/h3-4,9,12,23H,2,5-8,10H2,1H3,(H,19,20);1H. The molecule has 1 saturated heterocycles. The molecule has 1 fully saturated rings. The number of nitrogens with one attached hydrogen (secondary N) is 1. The minimum absolute atomic E-state index is 0. The third-order valence-corrected chi connectivity index (χ3v) is 3.73. The van der Waals surface area contributed by atoms with Gasteiger partial charge >= 0.3 is 6.18 Å². The summed E-state index contributed by atoms with van der Waals surface area (Å²) >= 11 is 0. The van der Waals surface area contributed by atoms with E-state index in [0.717, 1.165) is 0 Å². The Morgan fingerprint density at radius 3 is 2.46 bits per heavy atom. The van der Waals surface area contributed by atoms with Crippen molar-refractivity contribution in [3.8, 4) is 0 Å². The largest absolute Gasteiger partial charge is 0.459 e. The average molecular weight is 490 g/mol. The summed E-state index contributed by atoms with van der Waals surface area (Å²) < 4.78 is 42.3. The van der Waals surface area contributed by atoms with Gasteiger partial charge in [0.05, 0.1) is 12.8 Å². The summed E-state index contributed by atoms with van der Waals surface area (Å²) in [5.74, 6) is 0.317. The number of furan rings is 1. The van der Waals surface area contributed by atoms with Crippen LogP contribution in [-0.2, 0) is 0 Å². The number of halogens is 4. The first-order valence-corrected chi connectivity index (χ1v) is 7.93. The first-order chi connectivity index (χ1) is 11.8. The van der Waals surface area contributed by atoms with E-state index < -0.39 is 18.8 Å². The van der Waals surface area contributed by atoms with Crippen LogP contribution in [0.5, 0.6) is 0 Å². The minimum Gasteiger partial charge on any atom is -0.459 e. The molecule has 0 aliphatic carbocycles. The molecule has 7 nitrogen and oxygen atoms in total. The van der Waals surface area contributed by atoms with Crippen molar-refractivity contribution in [3.63, 3.8) is 0 Å². The van der Waals surface area contributed by atoms with Crippen LogP contribution in [0.4, 0.5) is 13.2 Å². The van der Waals surface area contributed by atoms with Crippen molar-refractivity contribution < 1.29 is 27.5 Å². The molecular weight excluding hydrogens is 468 g/mol. The normalized spacial score (nSPS) is 16.9. The van der Waals surface area contributed by atoms with Gasteiger partial charge in [0.2, 0.25) is 0 Å². The zero-order valence-corrected chi connectivity index (χ0v) is 16.5. The lowest BCUT2D eigenvalue weighted by Gasteiger charge is -2.36. The SMILES string of the molecule is CCNC(=NCC(O)C(F)(F)F)N1CCN(C(=O)c2ccco2)CC1.I. The van der Waals surface area contributed by atoms with Crippen LogP contribution in [0.2, 0.25) is 0 Å². The number of hydrogen-bond acceptors (Lipinski definition) is 4. The van der Waals surface area contributed by atoms with Crippen molar-refractivity contribution >= 4 is 35.8 Å². The summed E-state index contributed by atoms with van der Waals surface area (Å²) in [7, 11) is 0. The Labute approximate surface area is 166 Å². The molecule has 1 aliphatic heterocycles. The van der Waals surface area contributed by atoms with Crippen LogP contribution < -0.4 is 5.32 Å². The number of nitrogens with zero attached hydrogens (tertiary/aromatic N) is 3. The van der Waals surface area contributed by atoms with Gasteiger partial charge in [0.1, 0.15) is 0 Å². The fourth-order valence-electron chi connectivity index (χ4n) is 2.38. The summed E-state index contributed by atoms with van der Waals surface area (Å²) in [6.45, 7) is 3.13. The number of guanidine groups is 1. The van der Waals surface area contributed by atoms with E-state index in [1.807, 2.05) is 0 Å². The number of aliphatic hydroxyl groups excluding tert-OH is 1. The third-order valence-electron chi connectivity index (χ3n) is 3.73. The Bertz CT molecular complexity index is 587. The molecule has 2 heterocycles. The van der Waals surface area contributed by atoms with Crippen molar-refractivity contribution in [2.24, 2.45) is 4.99 Å². The summed E-state index contributed by atoms with van der Waals surface area (Å²) in [5.41, 5.74) is 0. The lowest BCUT2D eigenvalue weighted by molar-refractivity contribution is -0.199. The Morgan fingerprint density at radius 1 is 1.35 bits per heavy atom. The van der Waals surface area contributed by atoms with E-state index in [-0.39, 0.29) is 41.6 Å². The average Bonchev–Trinajstić information content (AvgIpc) is 3.11. The predicted molar refractivity (Wildman–Crippen MR) is 99.6 cm³/mol. The highest BCUT2D eigenvalue weighted by Crippen LogP contribution is 2.20. The van der Waals surface area contributed by atoms with Crippen molar-refractivity contribution in [2.75, 3.05) is 39.3 Å². The van der Waals surface area contributed by atoms with Crippen LogP contribution in [0.3, 0.4) is 0 Å². The number of carbonyl (C=O) groups excluding carboxylic acids is 1. The second-order valence-electron chi connectivity index (χ2n) is 5.51. The Kier molecular flexibility index (Phi) is 8.67. The maximum atomic E-state index is 12.4. The molecule has 0 saturated carbocycles. The van der Waals surface area contributed by atoms with Gasteiger partial charge in [0.15, 0.2) is 17.8 Å². The van der Waals surface area contributed by atoms with E-state index in [1.165, 1.54) is 6.26 Å². The lowest BCUT2D eigenvalue weighted by Crippen LogP contribution is -2.54. The molecule has 0 bridgehead atoms. The number of hydrogen-bond donors (Lipinski definition) is 2. The molecule has 26 heavy (non-hydrogen) atoms. The summed E-state index contributed by atoms with van der Waals surface area (Å²) in [6.07, 6.45) is -5.77. The maximum Gasteiger partial charge on any atom is 0.416 e. The van der Waals surface area contributed by atoms with E-state index in [0.29, 0.717) is 32.7 Å². The number of alkyl halides is 3. The molecule has 1 atom stereocenters. The fourth-order valence-corrected chi connectivity index (χ4v) is 2.38. The van der Waals surface area contributed by atoms with Crippen LogP contribution in [0.15, 0.2) is 27.8 Å². The van der Waals surface area contributed by atoms with Gasteiger partial charge < -0.3 is 24.6 Å². The van der Waals surface area contributed by atoms with Gasteiger partial charge in [-0.05, 0) is 19.1 Å². The van der Waals surface area contributed by atoms with E-state index in [2.05, 4.69) is 10.3 Å². The number of aliphatic imine (C=N–C) groups is 1. The quantitative estimate of drug-likeness (QED) is 0.381. The van der Waals surface area contributed by atoms with Crippen molar-refractivity contribution in [2.45, 2.75) is 19.2 Å². The fraction of sp³-hybridized carbons (Fsp3) is 0.600. The molecule has 11 heteroatoms. The third kappa shape index (κ3) is 6.04. The molecule has 148 valence electrons. The molecule has 0 spiro atoms. The Morgan fingerprint density at radius 2 is 1.96 bits per heavy atom. The molecule has 2 N–H and O–H groups in total. The topological polar surface area (TPSA) is 81.3 Å². The van der Waals surface area contributed by atoms with Gasteiger partial charge in [-0.25, -0.2) is 0 Å². The summed E-state index contributed by atoms with van der Waals surface area (Å²) in [6, 6.07) is 3.21. The number of amides is 1. The van der Waals surface area contributed by atoms with Crippen LogP contribution in [0, 0.1) is 0 Å². The van der Waals surface area contributed by atoms with E-state index in [1.54, 1.807) is 28.9 Å². The predicted octanol–water partition coefficient (Wildman–Crippen LogP) is 1.54. The maximum absolute atomic E-state index is 12.4. The van der Waals surface area contributed by atoms with Crippen molar-refractivity contribution in [1.82, 2.24) is 15.1 Å². The zero-order chi connectivity index (χ0) is 18.4. The van der Waals surface area contributed by atoms with Gasteiger partial charge in [0.25, 0.3) is 5.91 Å². The van der Waals surface area contributed by atoms with E-state index in [4.69, 9.17) is 9.52 Å². The van der Waals surface area contributed by atoms with E-state index in [9.17, 15) is 18.0 Å². The van der Waals surface area contributed by atoms with Crippen LogP contribution in [0.1, 0.15) is 17.5 Å². The summed E-state index contributed by atoms with van der Waals surface area (Å²) in [5, 5.41) is 12.0. The van der Waals surface area contributed by atoms with Gasteiger partial charge in [-0.2, -0.15) is 13.2 Å². The zero-order valence-electron chi connectivity index (χ0n) is 14.2. The molecule has 1 unspecified atom stereocenters. The number of piperazine rings is 1. The Hall–Kier alpha value is -1.50. The molecule has 1 aromatic heterocycles. The molecule has 0 aromatic carbocycles. The lowest BCUT2D eigenvalue weighted by atomic mass is 10.3. The monoisotopic (exact) mass is 490 g/mol.